The Morgan fingerprint density at radius 3 is 2.66 bits per heavy atom. The quantitative estimate of drug-likeness (QED) is 0.462. The van der Waals surface area contributed by atoms with Gasteiger partial charge in [-0.1, -0.05) is 64.9 Å². The van der Waals surface area contributed by atoms with Crippen molar-refractivity contribution in [3.8, 4) is 22.7 Å². The van der Waals surface area contributed by atoms with Gasteiger partial charge in [0.25, 0.3) is 5.22 Å². The Labute approximate surface area is 171 Å². The molecule has 0 aliphatic rings. The molecule has 29 heavy (non-hydrogen) atoms. The molecule has 7 nitrogen and oxygen atoms in total. The van der Waals surface area contributed by atoms with Crippen molar-refractivity contribution in [3.05, 3.63) is 65.7 Å². The molecule has 0 atom stereocenters. The number of hydrogen-bond donors (Lipinski definition) is 1. The standard InChI is InChI=1S/C21H18N4O3S/c1-13-7-9-15(10-8-13)17-11-19(28-25-17)22-18(26)12-29-21-24-23-20(27-21)16-6-4-3-5-14(16)2/h3-11H,12H2,1-2H3,(H,22,26). The number of hydrogen-bond acceptors (Lipinski definition) is 7. The number of benzene rings is 2. The van der Waals surface area contributed by atoms with E-state index in [1.807, 2.05) is 62.4 Å². The molecule has 4 aromatic rings. The van der Waals surface area contributed by atoms with Crippen molar-refractivity contribution in [2.75, 3.05) is 11.1 Å². The summed E-state index contributed by atoms with van der Waals surface area (Å²) in [7, 11) is 0. The molecule has 146 valence electrons. The molecule has 0 aliphatic heterocycles. The van der Waals surface area contributed by atoms with Crippen LogP contribution in [0.3, 0.4) is 0 Å². The normalized spacial score (nSPS) is 10.8. The van der Waals surface area contributed by atoms with Crippen molar-refractivity contribution in [2.45, 2.75) is 19.1 Å². The summed E-state index contributed by atoms with van der Waals surface area (Å²) in [4.78, 5) is 12.2. The van der Waals surface area contributed by atoms with E-state index in [2.05, 4.69) is 20.7 Å². The molecule has 4 rings (SSSR count). The fraction of sp³-hybridized carbons (Fsp3) is 0.143. The molecule has 2 aromatic heterocycles. The Bertz CT molecular complexity index is 1130. The summed E-state index contributed by atoms with van der Waals surface area (Å²) >= 11 is 1.16. The largest absolute Gasteiger partial charge is 0.411 e. The first-order valence-electron chi connectivity index (χ1n) is 8.94. The van der Waals surface area contributed by atoms with Crippen LogP contribution in [0.4, 0.5) is 5.88 Å². The summed E-state index contributed by atoms with van der Waals surface area (Å²) in [5.74, 6) is 0.578. The molecule has 0 saturated carbocycles. The Kier molecular flexibility index (Phi) is 5.44. The number of amides is 1. The van der Waals surface area contributed by atoms with E-state index < -0.39 is 0 Å². The fourth-order valence-electron chi connectivity index (χ4n) is 2.69. The minimum absolute atomic E-state index is 0.107. The number of anilines is 1. The number of carbonyl (C=O) groups excluding carboxylic acids is 1. The lowest BCUT2D eigenvalue weighted by molar-refractivity contribution is -0.113. The number of nitrogens with zero attached hydrogens (tertiary/aromatic N) is 3. The highest BCUT2D eigenvalue weighted by Gasteiger charge is 2.14. The predicted octanol–water partition coefficient (Wildman–Crippen LogP) is 4.74. The van der Waals surface area contributed by atoms with Gasteiger partial charge >= 0.3 is 0 Å². The summed E-state index contributed by atoms with van der Waals surface area (Å²) in [6, 6.07) is 17.3. The number of nitrogens with one attached hydrogen (secondary N) is 1. The van der Waals surface area contributed by atoms with Crippen LogP contribution in [0.2, 0.25) is 0 Å². The van der Waals surface area contributed by atoms with E-state index >= 15 is 0 Å². The molecule has 0 saturated heterocycles. The molecule has 0 aliphatic carbocycles. The van der Waals surface area contributed by atoms with Gasteiger partial charge in [0.15, 0.2) is 0 Å². The average Bonchev–Trinajstić information content (AvgIpc) is 3.37. The van der Waals surface area contributed by atoms with E-state index in [0.717, 1.165) is 34.0 Å². The van der Waals surface area contributed by atoms with Crippen molar-refractivity contribution >= 4 is 23.6 Å². The Morgan fingerprint density at radius 2 is 1.86 bits per heavy atom. The zero-order chi connectivity index (χ0) is 20.2. The highest BCUT2D eigenvalue weighted by molar-refractivity contribution is 7.99. The van der Waals surface area contributed by atoms with Crippen LogP contribution in [0, 0.1) is 13.8 Å². The molecule has 1 amide bonds. The van der Waals surface area contributed by atoms with Gasteiger partial charge in [0, 0.05) is 17.2 Å². The predicted molar refractivity (Wildman–Crippen MR) is 111 cm³/mol. The molecule has 0 bridgehead atoms. The van der Waals surface area contributed by atoms with Gasteiger partial charge in [0.2, 0.25) is 17.7 Å². The third-order valence-electron chi connectivity index (χ3n) is 4.23. The van der Waals surface area contributed by atoms with Crippen LogP contribution in [-0.2, 0) is 4.79 Å². The van der Waals surface area contributed by atoms with Crippen molar-refractivity contribution < 1.29 is 13.7 Å². The van der Waals surface area contributed by atoms with Crippen LogP contribution >= 0.6 is 11.8 Å². The summed E-state index contributed by atoms with van der Waals surface area (Å²) in [6.07, 6.45) is 0. The summed E-state index contributed by atoms with van der Waals surface area (Å²) in [6.45, 7) is 3.99. The zero-order valence-corrected chi connectivity index (χ0v) is 16.7. The van der Waals surface area contributed by atoms with Gasteiger partial charge in [0.1, 0.15) is 5.69 Å². The van der Waals surface area contributed by atoms with E-state index in [9.17, 15) is 4.79 Å². The van der Waals surface area contributed by atoms with Crippen LogP contribution in [0.5, 0.6) is 0 Å². The third-order valence-corrected chi connectivity index (χ3v) is 5.05. The first kappa shape index (κ1) is 18.9. The molecular weight excluding hydrogens is 388 g/mol. The second-order valence-electron chi connectivity index (χ2n) is 6.47. The Morgan fingerprint density at radius 1 is 1.07 bits per heavy atom. The lowest BCUT2D eigenvalue weighted by Crippen LogP contribution is -2.13. The van der Waals surface area contributed by atoms with Crippen molar-refractivity contribution in [1.29, 1.82) is 0 Å². The van der Waals surface area contributed by atoms with Crippen LogP contribution in [0.1, 0.15) is 11.1 Å². The monoisotopic (exact) mass is 406 g/mol. The number of aromatic nitrogens is 3. The Hall–Kier alpha value is -3.39. The smallest absolute Gasteiger partial charge is 0.277 e. The minimum atomic E-state index is -0.253. The fourth-order valence-corrected chi connectivity index (χ4v) is 3.25. The molecule has 1 N–H and O–H groups in total. The topological polar surface area (TPSA) is 94.1 Å². The van der Waals surface area contributed by atoms with Gasteiger partial charge in [0.05, 0.1) is 5.75 Å². The number of aryl methyl sites for hydroxylation is 2. The Balaban J connectivity index is 1.34. The summed E-state index contributed by atoms with van der Waals surface area (Å²) < 4.78 is 10.9. The first-order chi connectivity index (χ1) is 14.1. The van der Waals surface area contributed by atoms with Crippen LogP contribution in [0.15, 0.2) is 68.8 Å². The second kappa shape index (κ2) is 8.32. The number of rotatable bonds is 6. The van der Waals surface area contributed by atoms with E-state index in [-0.39, 0.29) is 17.5 Å². The summed E-state index contributed by atoms with van der Waals surface area (Å²) in [5.41, 5.74) is 4.66. The van der Waals surface area contributed by atoms with Crippen molar-refractivity contribution in [2.24, 2.45) is 0 Å². The molecule has 0 spiro atoms. The van der Waals surface area contributed by atoms with E-state index in [4.69, 9.17) is 8.94 Å². The molecule has 2 heterocycles. The minimum Gasteiger partial charge on any atom is -0.411 e. The molecular formula is C21H18N4O3S. The van der Waals surface area contributed by atoms with Crippen LogP contribution in [-0.4, -0.2) is 27.0 Å². The van der Waals surface area contributed by atoms with Crippen LogP contribution < -0.4 is 5.32 Å². The van der Waals surface area contributed by atoms with Gasteiger partial charge < -0.3 is 8.94 Å². The molecule has 8 heteroatoms. The SMILES string of the molecule is Cc1ccc(-c2cc(NC(=O)CSc3nnc(-c4ccccc4C)o3)on2)cc1. The van der Waals surface area contributed by atoms with Gasteiger partial charge in [-0.2, -0.15) is 0 Å². The van der Waals surface area contributed by atoms with Gasteiger partial charge in [-0.25, -0.2) is 0 Å². The maximum absolute atomic E-state index is 12.2. The lowest BCUT2D eigenvalue weighted by atomic mass is 10.1. The molecule has 0 radical (unpaired) electrons. The van der Waals surface area contributed by atoms with Crippen molar-refractivity contribution in [3.63, 3.8) is 0 Å². The summed E-state index contributed by atoms with van der Waals surface area (Å²) in [5, 5.41) is 15.1. The molecule has 0 unspecified atom stereocenters. The average molecular weight is 406 g/mol. The highest BCUT2D eigenvalue weighted by Crippen LogP contribution is 2.26. The van der Waals surface area contributed by atoms with E-state index in [1.54, 1.807) is 6.07 Å². The zero-order valence-electron chi connectivity index (χ0n) is 15.9. The maximum atomic E-state index is 12.2. The number of carbonyl (C=O) groups is 1. The maximum Gasteiger partial charge on any atom is 0.277 e. The number of thioether (sulfide) groups is 1. The second-order valence-corrected chi connectivity index (χ2v) is 7.39. The van der Waals surface area contributed by atoms with E-state index in [1.165, 1.54) is 0 Å². The van der Waals surface area contributed by atoms with Gasteiger partial charge in [-0.15, -0.1) is 10.2 Å². The first-order valence-corrected chi connectivity index (χ1v) is 9.93. The third kappa shape index (κ3) is 4.55. The highest BCUT2D eigenvalue weighted by atomic mass is 32.2. The van der Waals surface area contributed by atoms with Crippen molar-refractivity contribution in [1.82, 2.24) is 15.4 Å². The lowest BCUT2D eigenvalue weighted by Gasteiger charge is -1.99. The molecule has 0 fully saturated rings. The van der Waals surface area contributed by atoms with Gasteiger partial charge in [-0.05, 0) is 25.5 Å². The van der Waals surface area contributed by atoms with Gasteiger partial charge in [-0.3, -0.25) is 10.1 Å². The van der Waals surface area contributed by atoms with Crippen LogP contribution in [0.25, 0.3) is 22.7 Å². The molecule has 2 aromatic carbocycles. The van der Waals surface area contributed by atoms with E-state index in [0.29, 0.717) is 16.8 Å².